The fraction of sp³-hybridized carbons (Fsp3) is 0.396. The second-order valence-electron chi connectivity index (χ2n) is 20.9. The molecule has 0 spiro atoms. The first kappa shape index (κ1) is 37.1. The third-order valence-electron chi connectivity index (χ3n) is 14.8. The van der Waals surface area contributed by atoms with Crippen molar-refractivity contribution >= 4 is 34.7 Å². The first-order chi connectivity index (χ1) is 26.2. The van der Waals surface area contributed by atoms with E-state index in [1.807, 2.05) is 0 Å². The van der Waals surface area contributed by atoms with Gasteiger partial charge in [-0.1, -0.05) is 141 Å². The van der Waals surface area contributed by atoms with Crippen molar-refractivity contribution < 1.29 is 4.74 Å². The van der Waals surface area contributed by atoms with E-state index in [0.29, 0.717) is 0 Å². The summed E-state index contributed by atoms with van der Waals surface area (Å²) in [4.78, 5) is 2.64. The molecule has 3 heterocycles. The lowest BCUT2D eigenvalue weighted by atomic mass is 9.32. The highest BCUT2D eigenvalue weighted by Gasteiger charge is 2.59. The Bertz CT molecular complexity index is 2450. The quantitative estimate of drug-likeness (QED) is 0.171. The first-order valence-electron chi connectivity index (χ1n) is 21.1. The van der Waals surface area contributed by atoms with Gasteiger partial charge in [0.1, 0.15) is 5.60 Å². The van der Waals surface area contributed by atoms with Crippen LogP contribution in [0.3, 0.4) is 0 Å². The zero-order valence-corrected chi connectivity index (χ0v) is 36.2. The van der Waals surface area contributed by atoms with Crippen molar-refractivity contribution in [3.8, 4) is 11.1 Å². The van der Waals surface area contributed by atoms with Gasteiger partial charge in [0.05, 0.1) is 5.66 Å². The fourth-order valence-corrected chi connectivity index (χ4v) is 10.9. The number of fused-ring (bicyclic) bond motifs is 4. The van der Waals surface area contributed by atoms with Gasteiger partial charge in [-0.3, -0.25) is 0 Å². The highest BCUT2D eigenvalue weighted by Crippen LogP contribution is 2.59. The van der Waals surface area contributed by atoms with E-state index in [-0.39, 0.29) is 39.9 Å². The van der Waals surface area contributed by atoms with E-state index in [9.17, 15) is 0 Å². The number of hydrogen-bond donors (Lipinski definition) is 0. The predicted octanol–water partition coefficient (Wildman–Crippen LogP) is 12.8. The molecule has 2 nitrogen and oxygen atoms in total. The smallest absolute Gasteiger partial charge is 0.291 e. The monoisotopic (exact) mass is 737 g/mol. The Kier molecular flexibility index (Phi) is 7.96. The lowest BCUT2D eigenvalue weighted by molar-refractivity contribution is -0.00112. The van der Waals surface area contributed by atoms with Gasteiger partial charge in [-0.15, -0.1) is 0 Å². The van der Waals surface area contributed by atoms with E-state index in [1.165, 1.54) is 96.5 Å². The first-order valence-corrected chi connectivity index (χ1v) is 21.1. The highest BCUT2D eigenvalue weighted by atomic mass is 16.5. The average Bonchev–Trinajstić information content (AvgIpc) is 3.32. The second-order valence-corrected chi connectivity index (χ2v) is 20.9. The molecule has 0 bridgehead atoms. The molecule has 4 aliphatic rings. The van der Waals surface area contributed by atoms with Crippen LogP contribution >= 0.6 is 0 Å². The van der Waals surface area contributed by atoms with Crippen LogP contribution in [0.15, 0.2) is 108 Å². The summed E-state index contributed by atoms with van der Waals surface area (Å²) in [7, 11) is 0. The van der Waals surface area contributed by atoms with Crippen molar-refractivity contribution in [2.24, 2.45) is 5.41 Å². The minimum atomic E-state index is -0.385. The molecule has 0 N–H and O–H groups in total. The molecule has 1 unspecified atom stereocenters. The molecule has 1 atom stereocenters. The summed E-state index contributed by atoms with van der Waals surface area (Å²) >= 11 is 0. The molecule has 0 aromatic heterocycles. The van der Waals surface area contributed by atoms with Gasteiger partial charge >= 0.3 is 0 Å². The molecule has 0 amide bonds. The van der Waals surface area contributed by atoms with Gasteiger partial charge < -0.3 is 9.64 Å². The van der Waals surface area contributed by atoms with Crippen molar-refractivity contribution in [3.05, 3.63) is 147 Å². The third-order valence-corrected chi connectivity index (χ3v) is 14.8. The van der Waals surface area contributed by atoms with Crippen LogP contribution in [0.4, 0.5) is 17.1 Å². The molecule has 0 saturated heterocycles. The van der Waals surface area contributed by atoms with Gasteiger partial charge in [0.15, 0.2) is 0 Å². The van der Waals surface area contributed by atoms with E-state index < -0.39 is 0 Å². The zero-order chi connectivity index (χ0) is 39.9. The van der Waals surface area contributed by atoms with E-state index in [4.69, 9.17) is 4.74 Å². The highest BCUT2D eigenvalue weighted by molar-refractivity contribution is 6.94. The van der Waals surface area contributed by atoms with Gasteiger partial charge in [0, 0.05) is 28.4 Å². The third kappa shape index (κ3) is 5.28. The molecule has 0 saturated carbocycles. The Morgan fingerprint density at radius 3 is 2.00 bits per heavy atom. The average molecular weight is 738 g/mol. The number of anilines is 3. The fourth-order valence-electron chi connectivity index (χ4n) is 10.9. The molecule has 3 aliphatic heterocycles. The van der Waals surface area contributed by atoms with Crippen LogP contribution in [-0.2, 0) is 21.0 Å². The lowest BCUT2D eigenvalue weighted by Crippen LogP contribution is -2.56. The molecule has 5 aromatic rings. The van der Waals surface area contributed by atoms with Gasteiger partial charge in [-0.25, -0.2) is 0 Å². The van der Waals surface area contributed by atoms with Gasteiger partial charge in [-0.2, -0.15) is 0 Å². The maximum absolute atomic E-state index is 7.43. The molecule has 5 aromatic carbocycles. The van der Waals surface area contributed by atoms with Crippen LogP contribution in [0, 0.1) is 19.3 Å². The standard InChI is InChI=1S/C53H60BNO/c1-32-29-38-44(36-21-19-35(20-22-36)34-17-15-14-16-18-34)46-48(56-53(12,13)52(46,10)11)54-40-31-37(49(3,4)5)23-25-42(40)55(43(30-32)47(38)54)41-26-24-39-45(33(41)2)51(8,9)28-27-50(39,6)7/h14-26,29-31,44H,27-28H2,1-13H3. The molecule has 3 heteroatoms. The number of aryl methyl sites for hydroxylation is 1. The maximum atomic E-state index is 7.43. The van der Waals surface area contributed by atoms with Crippen molar-refractivity contribution in [1.29, 1.82) is 0 Å². The predicted molar refractivity (Wildman–Crippen MR) is 239 cm³/mol. The minimum Gasteiger partial charge on any atom is -0.500 e. The zero-order valence-electron chi connectivity index (χ0n) is 36.2. The van der Waals surface area contributed by atoms with Crippen LogP contribution in [0.1, 0.15) is 134 Å². The summed E-state index contributed by atoms with van der Waals surface area (Å²) in [6.07, 6.45) is 2.40. The van der Waals surface area contributed by atoms with Crippen LogP contribution in [-0.4, -0.2) is 12.3 Å². The van der Waals surface area contributed by atoms with E-state index >= 15 is 0 Å². The van der Waals surface area contributed by atoms with Crippen LogP contribution in [0.2, 0.25) is 0 Å². The number of ether oxygens (including phenoxy) is 1. The molecule has 0 radical (unpaired) electrons. The van der Waals surface area contributed by atoms with Gasteiger partial charge in [0.25, 0.3) is 6.71 Å². The summed E-state index contributed by atoms with van der Waals surface area (Å²) in [6.45, 7) is 31.0. The molecule has 1 aliphatic carbocycles. The Morgan fingerprint density at radius 2 is 1.32 bits per heavy atom. The largest absolute Gasteiger partial charge is 0.500 e. The molecule has 0 fully saturated rings. The Morgan fingerprint density at radius 1 is 0.679 bits per heavy atom. The summed E-state index contributed by atoms with van der Waals surface area (Å²) in [5.41, 5.74) is 21.2. The summed E-state index contributed by atoms with van der Waals surface area (Å²) in [5, 5.41) is 0. The number of hydrogen-bond acceptors (Lipinski definition) is 2. The van der Waals surface area contributed by atoms with Crippen molar-refractivity contribution in [2.75, 3.05) is 4.90 Å². The van der Waals surface area contributed by atoms with Crippen molar-refractivity contribution in [2.45, 2.75) is 131 Å². The molecule has 9 rings (SSSR count). The van der Waals surface area contributed by atoms with E-state index in [2.05, 4.69) is 192 Å². The molecular formula is C53H60BNO. The summed E-state index contributed by atoms with van der Waals surface area (Å²) < 4.78 is 7.43. The number of rotatable bonds is 3. The minimum absolute atomic E-state index is 0.00153. The SMILES string of the molecule is Cc1cc2c3c(c1)N(c1ccc4c(c1C)C(C)(C)CCC4(C)C)c1ccc(C(C)(C)C)cc1B3C1=C(C2c2ccc(-c3ccccc3)cc2)C(C)(C)C(C)(C)O1. The normalized spacial score (nSPS) is 20.8. The Labute approximate surface area is 337 Å². The van der Waals surface area contributed by atoms with Crippen LogP contribution in [0.25, 0.3) is 11.1 Å². The van der Waals surface area contributed by atoms with Crippen LogP contribution < -0.4 is 15.8 Å². The van der Waals surface area contributed by atoms with Crippen LogP contribution in [0.5, 0.6) is 0 Å². The summed E-state index contributed by atoms with van der Waals surface area (Å²) in [6, 6.07) is 37.4. The van der Waals surface area contributed by atoms with E-state index in [1.54, 1.807) is 0 Å². The van der Waals surface area contributed by atoms with Gasteiger partial charge in [0.2, 0.25) is 0 Å². The molecule has 286 valence electrons. The Balaban J connectivity index is 1.35. The van der Waals surface area contributed by atoms with Crippen molar-refractivity contribution in [1.82, 2.24) is 0 Å². The summed E-state index contributed by atoms with van der Waals surface area (Å²) in [5.74, 6) is 0.0649. The lowest BCUT2D eigenvalue weighted by Gasteiger charge is -2.46. The van der Waals surface area contributed by atoms with Gasteiger partial charge in [-0.05, 0) is 142 Å². The molecular weight excluding hydrogens is 677 g/mol. The maximum Gasteiger partial charge on any atom is 0.291 e. The van der Waals surface area contributed by atoms with E-state index in [0.717, 1.165) is 5.66 Å². The topological polar surface area (TPSA) is 12.5 Å². The number of benzene rings is 5. The Hall–Kier alpha value is -4.50. The number of nitrogens with zero attached hydrogens (tertiary/aromatic N) is 1. The second kappa shape index (κ2) is 12.0. The molecule has 56 heavy (non-hydrogen) atoms. The van der Waals surface area contributed by atoms with Crippen molar-refractivity contribution in [3.63, 3.8) is 0 Å².